The SMILES string of the molecule is Cc1oc(-c2ccco2)nc1CC(=O)N[C@H]1CCc2ccccc21. The second-order valence-electron chi connectivity index (χ2n) is 6.03. The first kappa shape index (κ1) is 14.8. The van der Waals surface area contributed by atoms with Crippen molar-refractivity contribution in [1.29, 1.82) is 0 Å². The number of hydrogen-bond acceptors (Lipinski definition) is 4. The monoisotopic (exact) mass is 322 g/mol. The average Bonchev–Trinajstić information content (AvgIpc) is 3.29. The Morgan fingerprint density at radius 1 is 1.29 bits per heavy atom. The van der Waals surface area contributed by atoms with Gasteiger partial charge in [-0.2, -0.15) is 0 Å². The van der Waals surface area contributed by atoms with Gasteiger partial charge in [-0.05, 0) is 43.0 Å². The number of fused-ring (bicyclic) bond motifs is 1. The molecule has 0 unspecified atom stereocenters. The van der Waals surface area contributed by atoms with Crippen molar-refractivity contribution in [3.63, 3.8) is 0 Å². The molecule has 1 aliphatic rings. The number of amides is 1. The topological polar surface area (TPSA) is 68.3 Å². The normalized spacial score (nSPS) is 16.1. The van der Waals surface area contributed by atoms with Crippen LogP contribution in [0.1, 0.15) is 35.0 Å². The Morgan fingerprint density at radius 2 is 2.17 bits per heavy atom. The van der Waals surface area contributed by atoms with E-state index in [2.05, 4.69) is 22.4 Å². The average molecular weight is 322 g/mol. The Labute approximate surface area is 139 Å². The summed E-state index contributed by atoms with van der Waals surface area (Å²) in [5, 5.41) is 3.11. The van der Waals surface area contributed by atoms with Crippen LogP contribution in [0, 0.1) is 6.92 Å². The van der Waals surface area contributed by atoms with Crippen LogP contribution >= 0.6 is 0 Å². The van der Waals surface area contributed by atoms with Crippen LogP contribution < -0.4 is 5.32 Å². The minimum atomic E-state index is -0.0425. The molecule has 0 aliphatic heterocycles. The molecule has 1 aromatic carbocycles. The molecule has 0 fully saturated rings. The van der Waals surface area contributed by atoms with E-state index in [-0.39, 0.29) is 18.4 Å². The van der Waals surface area contributed by atoms with E-state index < -0.39 is 0 Å². The third-order valence-corrected chi connectivity index (χ3v) is 4.42. The molecule has 0 radical (unpaired) electrons. The summed E-state index contributed by atoms with van der Waals surface area (Å²) in [6, 6.07) is 11.9. The number of nitrogens with zero attached hydrogens (tertiary/aromatic N) is 1. The van der Waals surface area contributed by atoms with E-state index in [4.69, 9.17) is 8.83 Å². The van der Waals surface area contributed by atoms with Crippen molar-refractivity contribution in [2.45, 2.75) is 32.2 Å². The van der Waals surface area contributed by atoms with Crippen molar-refractivity contribution in [3.05, 3.63) is 65.2 Å². The minimum absolute atomic E-state index is 0.0425. The van der Waals surface area contributed by atoms with Crippen LogP contribution in [0.15, 0.2) is 51.5 Å². The molecular weight excluding hydrogens is 304 g/mol. The second-order valence-corrected chi connectivity index (χ2v) is 6.03. The molecule has 5 nitrogen and oxygen atoms in total. The largest absolute Gasteiger partial charge is 0.459 e. The van der Waals surface area contributed by atoms with Crippen molar-refractivity contribution >= 4 is 5.91 Å². The predicted molar refractivity (Wildman–Crippen MR) is 88.3 cm³/mol. The Morgan fingerprint density at radius 3 is 3.00 bits per heavy atom. The van der Waals surface area contributed by atoms with Gasteiger partial charge in [-0.3, -0.25) is 4.79 Å². The molecule has 5 heteroatoms. The third kappa shape index (κ3) is 2.73. The van der Waals surface area contributed by atoms with Crippen LogP contribution in [0.4, 0.5) is 0 Å². The number of nitrogens with one attached hydrogen (secondary N) is 1. The summed E-state index contributed by atoms with van der Waals surface area (Å²) in [6.07, 6.45) is 3.72. The number of hydrogen-bond donors (Lipinski definition) is 1. The zero-order valence-corrected chi connectivity index (χ0v) is 13.4. The highest BCUT2D eigenvalue weighted by Crippen LogP contribution is 2.30. The standard InChI is InChI=1S/C19H18N2O3/c1-12-16(21-19(24-12)17-7-4-10-23-17)11-18(22)20-15-9-8-13-5-2-3-6-14(13)15/h2-7,10,15H,8-9,11H2,1H3,(H,20,22)/t15-/m0/s1. The maximum atomic E-state index is 12.4. The van der Waals surface area contributed by atoms with Gasteiger partial charge in [0, 0.05) is 0 Å². The van der Waals surface area contributed by atoms with Crippen molar-refractivity contribution in [2.75, 3.05) is 0 Å². The Hall–Kier alpha value is -2.82. The number of aromatic nitrogens is 1. The minimum Gasteiger partial charge on any atom is -0.459 e. The Balaban J connectivity index is 1.46. The maximum absolute atomic E-state index is 12.4. The van der Waals surface area contributed by atoms with Gasteiger partial charge in [0.2, 0.25) is 5.91 Å². The smallest absolute Gasteiger partial charge is 0.263 e. The van der Waals surface area contributed by atoms with Crippen molar-refractivity contribution in [2.24, 2.45) is 0 Å². The van der Waals surface area contributed by atoms with Crippen molar-refractivity contribution in [1.82, 2.24) is 10.3 Å². The van der Waals surface area contributed by atoms with Crippen LogP contribution in [0.2, 0.25) is 0 Å². The molecule has 0 bridgehead atoms. The van der Waals surface area contributed by atoms with E-state index in [1.165, 1.54) is 11.1 Å². The van der Waals surface area contributed by atoms with Gasteiger partial charge in [-0.1, -0.05) is 24.3 Å². The first-order valence-electron chi connectivity index (χ1n) is 8.08. The van der Waals surface area contributed by atoms with E-state index in [9.17, 15) is 4.79 Å². The fourth-order valence-corrected chi connectivity index (χ4v) is 3.20. The lowest BCUT2D eigenvalue weighted by molar-refractivity contribution is -0.121. The van der Waals surface area contributed by atoms with Gasteiger partial charge in [-0.15, -0.1) is 0 Å². The number of rotatable bonds is 4. The summed E-state index contributed by atoms with van der Waals surface area (Å²) in [5.74, 6) is 1.57. The van der Waals surface area contributed by atoms with Crippen LogP contribution in [-0.2, 0) is 17.6 Å². The van der Waals surface area contributed by atoms with Gasteiger partial charge >= 0.3 is 0 Å². The van der Waals surface area contributed by atoms with Crippen molar-refractivity contribution in [3.8, 4) is 11.7 Å². The number of carbonyl (C=O) groups excluding carboxylic acids is 1. The summed E-state index contributed by atoms with van der Waals surface area (Å²) >= 11 is 0. The molecule has 4 rings (SSSR count). The number of carbonyl (C=O) groups is 1. The molecule has 24 heavy (non-hydrogen) atoms. The molecule has 3 aromatic rings. The molecule has 2 aromatic heterocycles. The Kier molecular flexibility index (Phi) is 3.69. The van der Waals surface area contributed by atoms with Gasteiger partial charge in [-0.25, -0.2) is 4.98 Å². The lowest BCUT2D eigenvalue weighted by Crippen LogP contribution is -2.28. The van der Waals surface area contributed by atoms with E-state index in [1.54, 1.807) is 18.4 Å². The highest BCUT2D eigenvalue weighted by molar-refractivity contribution is 5.79. The molecule has 0 saturated heterocycles. The lowest BCUT2D eigenvalue weighted by atomic mass is 10.1. The zero-order chi connectivity index (χ0) is 16.5. The number of furan rings is 1. The number of oxazole rings is 1. The lowest BCUT2D eigenvalue weighted by Gasteiger charge is -2.13. The summed E-state index contributed by atoms with van der Waals surface area (Å²) in [6.45, 7) is 1.81. The van der Waals surface area contributed by atoms with Gasteiger partial charge in [0.1, 0.15) is 5.76 Å². The van der Waals surface area contributed by atoms with Gasteiger partial charge in [0.05, 0.1) is 24.4 Å². The zero-order valence-electron chi connectivity index (χ0n) is 13.4. The first-order valence-corrected chi connectivity index (χ1v) is 8.08. The van der Waals surface area contributed by atoms with Gasteiger partial charge < -0.3 is 14.2 Å². The number of benzene rings is 1. The first-order chi connectivity index (χ1) is 11.7. The molecule has 122 valence electrons. The molecule has 0 spiro atoms. The molecule has 2 heterocycles. The van der Waals surface area contributed by atoms with E-state index in [0.29, 0.717) is 23.1 Å². The molecular formula is C19H18N2O3. The van der Waals surface area contributed by atoms with Crippen molar-refractivity contribution < 1.29 is 13.6 Å². The summed E-state index contributed by atoms with van der Waals surface area (Å²) in [4.78, 5) is 16.8. The molecule has 1 N–H and O–H groups in total. The van der Waals surface area contributed by atoms with Crippen LogP contribution in [0.25, 0.3) is 11.7 Å². The molecule has 0 saturated carbocycles. The summed E-state index contributed by atoms with van der Waals surface area (Å²) < 4.78 is 10.9. The third-order valence-electron chi connectivity index (χ3n) is 4.42. The van der Waals surface area contributed by atoms with Gasteiger partial charge in [0.25, 0.3) is 5.89 Å². The molecule has 1 amide bonds. The van der Waals surface area contributed by atoms with Gasteiger partial charge in [0.15, 0.2) is 5.76 Å². The van der Waals surface area contributed by atoms with Crippen LogP contribution in [0.3, 0.4) is 0 Å². The second kappa shape index (κ2) is 6.00. The Bertz CT molecular complexity index is 865. The predicted octanol–water partition coefficient (Wildman–Crippen LogP) is 3.59. The fraction of sp³-hybridized carbons (Fsp3) is 0.263. The highest BCUT2D eigenvalue weighted by atomic mass is 16.4. The summed E-state index contributed by atoms with van der Waals surface area (Å²) in [7, 11) is 0. The molecule has 1 atom stereocenters. The molecule has 1 aliphatic carbocycles. The highest BCUT2D eigenvalue weighted by Gasteiger charge is 2.24. The quantitative estimate of drug-likeness (QED) is 0.797. The summed E-state index contributed by atoms with van der Waals surface area (Å²) in [5.41, 5.74) is 3.18. The number of aryl methyl sites for hydroxylation is 2. The maximum Gasteiger partial charge on any atom is 0.263 e. The fourth-order valence-electron chi connectivity index (χ4n) is 3.20. The van der Waals surface area contributed by atoms with E-state index >= 15 is 0 Å². The van der Waals surface area contributed by atoms with E-state index in [1.807, 2.05) is 19.1 Å². The van der Waals surface area contributed by atoms with Crippen LogP contribution in [0.5, 0.6) is 0 Å². The van der Waals surface area contributed by atoms with E-state index in [0.717, 1.165) is 12.8 Å². The van der Waals surface area contributed by atoms with Crippen LogP contribution in [-0.4, -0.2) is 10.9 Å².